The molecule has 1 fully saturated rings. The molecule has 1 atom stereocenters. The number of nitrogens with one attached hydrogen (secondary N) is 1. The first-order valence-electron chi connectivity index (χ1n) is 3.39. The fourth-order valence-corrected chi connectivity index (χ4v) is 1.77. The van der Waals surface area contributed by atoms with Crippen LogP contribution in [0.15, 0.2) is 0 Å². The Labute approximate surface area is 63.6 Å². The summed E-state index contributed by atoms with van der Waals surface area (Å²) >= 11 is 0.755. The van der Waals surface area contributed by atoms with E-state index < -0.39 is 5.76 Å². The van der Waals surface area contributed by atoms with Crippen LogP contribution in [0.25, 0.3) is 0 Å². The number of hydrogen-bond donors (Lipinski definition) is 1. The summed E-state index contributed by atoms with van der Waals surface area (Å²) in [5.41, 5.74) is 0. The first-order chi connectivity index (χ1) is 4.79. The maximum absolute atomic E-state index is 11.6. The van der Waals surface area contributed by atoms with Crippen LogP contribution in [-0.4, -0.2) is 24.6 Å². The molecule has 1 nitrogen and oxygen atoms in total. The van der Waals surface area contributed by atoms with E-state index in [0.29, 0.717) is 11.7 Å². The molecule has 1 aliphatic rings. The normalized spacial score (nSPS) is 26.1. The predicted octanol–water partition coefficient (Wildman–Crippen LogP) is 1.55. The molecule has 1 aliphatic heterocycles. The van der Waals surface area contributed by atoms with Crippen molar-refractivity contribution in [3.05, 3.63) is 0 Å². The fraction of sp³-hybridized carbons (Fsp3) is 1.00. The van der Waals surface area contributed by atoms with Gasteiger partial charge in [0.2, 0.25) is 0 Å². The van der Waals surface area contributed by atoms with Gasteiger partial charge in [-0.3, -0.25) is 0 Å². The molecule has 1 heterocycles. The van der Waals surface area contributed by atoms with E-state index in [1.165, 1.54) is 0 Å². The van der Waals surface area contributed by atoms with Crippen molar-refractivity contribution in [3.63, 3.8) is 0 Å². The molecule has 0 aromatic rings. The van der Waals surface area contributed by atoms with E-state index in [1.807, 2.05) is 0 Å². The molecule has 4 heteroatoms. The lowest BCUT2D eigenvalue weighted by Gasteiger charge is -2.05. The Morgan fingerprint density at radius 2 is 2.40 bits per heavy atom. The predicted molar refractivity (Wildman–Crippen MR) is 39.4 cm³/mol. The third-order valence-electron chi connectivity index (χ3n) is 1.62. The lowest BCUT2D eigenvalue weighted by atomic mass is 10.2. The van der Waals surface area contributed by atoms with E-state index in [9.17, 15) is 8.78 Å². The van der Waals surface area contributed by atoms with Crippen LogP contribution in [-0.2, 0) is 0 Å². The topological polar surface area (TPSA) is 12.0 Å². The van der Waals surface area contributed by atoms with Crippen LogP contribution in [0, 0.1) is 5.92 Å². The third-order valence-corrected chi connectivity index (χ3v) is 2.54. The zero-order chi connectivity index (χ0) is 7.40. The zero-order valence-electron chi connectivity index (χ0n) is 5.65. The fourth-order valence-electron chi connectivity index (χ4n) is 1.07. The number of rotatable bonds is 3. The molecular weight excluding hydrogens is 156 g/mol. The highest BCUT2D eigenvalue weighted by atomic mass is 32.2. The minimum absolute atomic E-state index is 0.471. The maximum atomic E-state index is 11.6. The van der Waals surface area contributed by atoms with Gasteiger partial charge < -0.3 is 5.32 Å². The standard InChI is InChI=1S/C6H11F2NS/c7-6(8)10-4-5-1-2-9-3-5/h5-6,9H,1-4H2. The molecule has 1 saturated heterocycles. The zero-order valence-corrected chi connectivity index (χ0v) is 6.46. The number of halogens is 2. The van der Waals surface area contributed by atoms with Crippen LogP contribution in [0.4, 0.5) is 8.78 Å². The Balaban J connectivity index is 2.01. The molecule has 0 saturated carbocycles. The van der Waals surface area contributed by atoms with Crippen molar-refractivity contribution >= 4 is 11.8 Å². The quantitative estimate of drug-likeness (QED) is 0.684. The van der Waals surface area contributed by atoms with Crippen molar-refractivity contribution in [2.45, 2.75) is 12.2 Å². The molecule has 0 radical (unpaired) electrons. The van der Waals surface area contributed by atoms with Gasteiger partial charge in [-0.15, -0.1) is 0 Å². The highest BCUT2D eigenvalue weighted by Crippen LogP contribution is 2.20. The van der Waals surface area contributed by atoms with Crippen LogP contribution in [0.3, 0.4) is 0 Å². The Morgan fingerprint density at radius 3 is 2.90 bits per heavy atom. The van der Waals surface area contributed by atoms with Crippen LogP contribution in [0.2, 0.25) is 0 Å². The third kappa shape index (κ3) is 2.84. The average molecular weight is 167 g/mol. The van der Waals surface area contributed by atoms with Crippen molar-refractivity contribution < 1.29 is 8.78 Å². The van der Waals surface area contributed by atoms with Gasteiger partial charge in [0.1, 0.15) is 0 Å². The smallest absolute Gasteiger partial charge is 0.284 e. The Bertz CT molecular complexity index is 93.7. The highest BCUT2D eigenvalue weighted by molar-refractivity contribution is 7.99. The first-order valence-corrected chi connectivity index (χ1v) is 4.44. The van der Waals surface area contributed by atoms with Crippen molar-refractivity contribution in [3.8, 4) is 0 Å². The first kappa shape index (κ1) is 8.27. The monoisotopic (exact) mass is 167 g/mol. The number of alkyl halides is 2. The summed E-state index contributed by atoms with van der Waals surface area (Å²) in [5.74, 6) is -1.12. The molecule has 1 unspecified atom stereocenters. The van der Waals surface area contributed by atoms with Gasteiger partial charge in [-0.25, -0.2) is 0 Å². The lowest BCUT2D eigenvalue weighted by Crippen LogP contribution is -2.10. The van der Waals surface area contributed by atoms with Gasteiger partial charge in [0.05, 0.1) is 0 Å². The molecule has 0 aromatic carbocycles. The Morgan fingerprint density at radius 1 is 1.60 bits per heavy atom. The molecule has 1 N–H and O–H groups in total. The van der Waals surface area contributed by atoms with E-state index in [1.54, 1.807) is 0 Å². The van der Waals surface area contributed by atoms with Gasteiger partial charge in [0, 0.05) is 5.75 Å². The molecule has 0 aliphatic carbocycles. The molecule has 60 valence electrons. The molecular formula is C6H11F2NS. The second-order valence-electron chi connectivity index (χ2n) is 2.45. The van der Waals surface area contributed by atoms with Gasteiger partial charge in [-0.05, 0) is 25.4 Å². The van der Waals surface area contributed by atoms with Gasteiger partial charge in [-0.2, -0.15) is 8.78 Å². The number of thioether (sulfide) groups is 1. The molecule has 0 aromatic heterocycles. The Kier molecular flexibility index (Phi) is 3.42. The average Bonchev–Trinajstić information content (AvgIpc) is 2.34. The van der Waals surface area contributed by atoms with Crippen molar-refractivity contribution in [2.24, 2.45) is 5.92 Å². The van der Waals surface area contributed by atoms with E-state index >= 15 is 0 Å². The SMILES string of the molecule is FC(F)SCC1CCNC1. The molecule has 0 bridgehead atoms. The largest absolute Gasteiger partial charge is 0.316 e. The summed E-state index contributed by atoms with van der Waals surface area (Å²) < 4.78 is 23.3. The van der Waals surface area contributed by atoms with E-state index in [2.05, 4.69) is 5.32 Å². The van der Waals surface area contributed by atoms with E-state index in [0.717, 1.165) is 31.3 Å². The Hall–Kier alpha value is 0.170. The molecule has 10 heavy (non-hydrogen) atoms. The lowest BCUT2D eigenvalue weighted by molar-refractivity contribution is 0.251. The van der Waals surface area contributed by atoms with Gasteiger partial charge >= 0.3 is 0 Å². The molecule has 1 rings (SSSR count). The molecule has 0 spiro atoms. The summed E-state index contributed by atoms with van der Waals surface area (Å²) in [4.78, 5) is 0. The highest BCUT2D eigenvalue weighted by Gasteiger charge is 2.16. The minimum atomic E-state index is -2.19. The van der Waals surface area contributed by atoms with Crippen molar-refractivity contribution in [1.29, 1.82) is 0 Å². The van der Waals surface area contributed by atoms with Crippen LogP contribution < -0.4 is 5.32 Å². The van der Waals surface area contributed by atoms with Gasteiger partial charge in [0.25, 0.3) is 5.76 Å². The summed E-state index contributed by atoms with van der Waals surface area (Å²) in [6.45, 7) is 1.91. The minimum Gasteiger partial charge on any atom is -0.316 e. The second kappa shape index (κ2) is 4.13. The number of hydrogen-bond acceptors (Lipinski definition) is 2. The van der Waals surface area contributed by atoms with Crippen LogP contribution in [0.1, 0.15) is 6.42 Å². The van der Waals surface area contributed by atoms with Gasteiger partial charge in [0.15, 0.2) is 0 Å². The van der Waals surface area contributed by atoms with Gasteiger partial charge in [-0.1, -0.05) is 11.8 Å². The van der Waals surface area contributed by atoms with Crippen LogP contribution in [0.5, 0.6) is 0 Å². The second-order valence-corrected chi connectivity index (χ2v) is 3.48. The summed E-state index contributed by atoms with van der Waals surface area (Å²) in [6, 6.07) is 0. The van der Waals surface area contributed by atoms with E-state index in [-0.39, 0.29) is 0 Å². The van der Waals surface area contributed by atoms with Crippen molar-refractivity contribution in [1.82, 2.24) is 5.32 Å². The summed E-state index contributed by atoms with van der Waals surface area (Å²) in [7, 11) is 0. The molecule has 0 amide bonds. The maximum Gasteiger partial charge on any atom is 0.284 e. The summed E-state index contributed by atoms with van der Waals surface area (Å²) in [5, 5.41) is 3.14. The van der Waals surface area contributed by atoms with E-state index in [4.69, 9.17) is 0 Å². The van der Waals surface area contributed by atoms with Crippen LogP contribution >= 0.6 is 11.8 Å². The summed E-state index contributed by atoms with van der Waals surface area (Å²) in [6.07, 6.45) is 1.06. The van der Waals surface area contributed by atoms with Crippen molar-refractivity contribution in [2.75, 3.05) is 18.8 Å².